The molecule has 1 aromatic rings. The van der Waals surface area contributed by atoms with Crippen LogP contribution in [0.4, 0.5) is 5.82 Å². The van der Waals surface area contributed by atoms with Crippen LogP contribution in [0.1, 0.15) is 25.8 Å². The van der Waals surface area contributed by atoms with Crippen LogP contribution in [-0.4, -0.2) is 50.2 Å². The summed E-state index contributed by atoms with van der Waals surface area (Å²) < 4.78 is 0. The maximum Gasteiger partial charge on any atom is 0.147 e. The molecule has 0 bridgehead atoms. The number of hydrogen-bond donors (Lipinski definition) is 1. The van der Waals surface area contributed by atoms with Crippen LogP contribution in [0, 0.1) is 0 Å². The minimum atomic E-state index is 0.743. The van der Waals surface area contributed by atoms with E-state index in [-0.39, 0.29) is 0 Å². The third-order valence-electron chi connectivity index (χ3n) is 3.07. The molecular weight excluding hydrogens is 272 g/mol. The zero-order chi connectivity index (χ0) is 15.0. The minimum Gasteiger partial charge on any atom is -0.354 e. The standard InChI is InChI=1S/C15H27ClN4/c1-5-7-20(9-8-19(3)4)15-14(16)10-13(12-18-15)11-17-6-2/h10,12,17H,5-9,11H2,1-4H3. The highest BCUT2D eigenvalue weighted by atomic mass is 35.5. The van der Waals surface area contributed by atoms with Crippen molar-refractivity contribution in [1.29, 1.82) is 0 Å². The summed E-state index contributed by atoms with van der Waals surface area (Å²) in [4.78, 5) is 9.00. The van der Waals surface area contributed by atoms with Crippen LogP contribution in [0.3, 0.4) is 0 Å². The van der Waals surface area contributed by atoms with Gasteiger partial charge in [0.15, 0.2) is 0 Å². The van der Waals surface area contributed by atoms with Crippen LogP contribution in [0.25, 0.3) is 0 Å². The first-order chi connectivity index (χ1) is 9.58. The van der Waals surface area contributed by atoms with Gasteiger partial charge in [-0.3, -0.25) is 0 Å². The first kappa shape index (κ1) is 17.2. The van der Waals surface area contributed by atoms with Gasteiger partial charge in [-0.05, 0) is 38.7 Å². The van der Waals surface area contributed by atoms with Crippen molar-refractivity contribution in [1.82, 2.24) is 15.2 Å². The Morgan fingerprint density at radius 2 is 1.95 bits per heavy atom. The Bertz CT molecular complexity index is 395. The molecule has 0 radical (unpaired) electrons. The molecule has 0 saturated heterocycles. The number of pyridine rings is 1. The van der Waals surface area contributed by atoms with E-state index in [2.05, 4.69) is 48.0 Å². The predicted octanol–water partition coefficient (Wildman–Crippen LogP) is 2.62. The first-order valence-corrected chi connectivity index (χ1v) is 7.71. The quantitative estimate of drug-likeness (QED) is 0.759. The van der Waals surface area contributed by atoms with E-state index < -0.39 is 0 Å². The second kappa shape index (κ2) is 9.16. The predicted molar refractivity (Wildman–Crippen MR) is 87.7 cm³/mol. The lowest BCUT2D eigenvalue weighted by Gasteiger charge is -2.26. The minimum absolute atomic E-state index is 0.743. The summed E-state index contributed by atoms with van der Waals surface area (Å²) in [5.74, 6) is 0.899. The Morgan fingerprint density at radius 3 is 2.50 bits per heavy atom. The van der Waals surface area contributed by atoms with Gasteiger partial charge >= 0.3 is 0 Å². The van der Waals surface area contributed by atoms with Crippen molar-refractivity contribution in [3.63, 3.8) is 0 Å². The Hall–Kier alpha value is -0.840. The highest BCUT2D eigenvalue weighted by molar-refractivity contribution is 6.33. The molecule has 1 N–H and O–H groups in total. The van der Waals surface area contributed by atoms with E-state index in [0.29, 0.717) is 0 Å². The van der Waals surface area contributed by atoms with Crippen molar-refractivity contribution in [2.45, 2.75) is 26.8 Å². The van der Waals surface area contributed by atoms with Gasteiger partial charge in [0.1, 0.15) is 5.82 Å². The van der Waals surface area contributed by atoms with Gasteiger partial charge < -0.3 is 15.1 Å². The first-order valence-electron chi connectivity index (χ1n) is 7.33. The number of aromatic nitrogens is 1. The maximum absolute atomic E-state index is 6.41. The lowest BCUT2D eigenvalue weighted by molar-refractivity contribution is 0.412. The fourth-order valence-electron chi connectivity index (χ4n) is 1.98. The number of hydrogen-bond acceptors (Lipinski definition) is 4. The molecule has 0 saturated carbocycles. The zero-order valence-corrected chi connectivity index (χ0v) is 13.9. The summed E-state index contributed by atoms with van der Waals surface area (Å²) in [5, 5.41) is 4.03. The molecule has 4 nitrogen and oxygen atoms in total. The third-order valence-corrected chi connectivity index (χ3v) is 3.35. The molecular formula is C15H27ClN4. The average molecular weight is 299 g/mol. The van der Waals surface area contributed by atoms with Crippen molar-refractivity contribution in [2.75, 3.05) is 45.2 Å². The molecule has 0 unspecified atom stereocenters. The molecule has 0 fully saturated rings. The second-order valence-electron chi connectivity index (χ2n) is 5.22. The van der Waals surface area contributed by atoms with Gasteiger partial charge in [0.2, 0.25) is 0 Å². The van der Waals surface area contributed by atoms with Crippen LogP contribution in [0.2, 0.25) is 5.02 Å². The number of nitrogens with one attached hydrogen (secondary N) is 1. The van der Waals surface area contributed by atoms with E-state index in [1.165, 1.54) is 0 Å². The lowest BCUT2D eigenvalue weighted by atomic mass is 10.2. The van der Waals surface area contributed by atoms with Gasteiger partial charge in [-0.15, -0.1) is 0 Å². The molecule has 0 aromatic carbocycles. The van der Waals surface area contributed by atoms with Crippen molar-refractivity contribution in [2.24, 2.45) is 0 Å². The molecule has 20 heavy (non-hydrogen) atoms. The number of nitrogens with zero attached hydrogens (tertiary/aromatic N) is 3. The Balaban J connectivity index is 2.79. The normalized spacial score (nSPS) is 11.1. The summed E-state index contributed by atoms with van der Waals surface area (Å²) in [5.41, 5.74) is 1.13. The largest absolute Gasteiger partial charge is 0.354 e. The number of likely N-dealkylation sites (N-methyl/N-ethyl adjacent to an activating group) is 1. The van der Waals surface area contributed by atoms with Crippen molar-refractivity contribution in [3.8, 4) is 0 Å². The molecule has 0 aliphatic carbocycles. The van der Waals surface area contributed by atoms with E-state index in [1.54, 1.807) is 0 Å². The van der Waals surface area contributed by atoms with Crippen LogP contribution in [-0.2, 0) is 6.54 Å². The molecule has 1 aromatic heterocycles. The van der Waals surface area contributed by atoms with Gasteiger partial charge in [-0.25, -0.2) is 4.98 Å². The molecule has 114 valence electrons. The zero-order valence-electron chi connectivity index (χ0n) is 13.1. The number of anilines is 1. The molecule has 0 aliphatic rings. The van der Waals surface area contributed by atoms with Crippen molar-refractivity contribution >= 4 is 17.4 Å². The van der Waals surface area contributed by atoms with Gasteiger partial charge in [0.25, 0.3) is 0 Å². The topological polar surface area (TPSA) is 31.4 Å². The van der Waals surface area contributed by atoms with Crippen LogP contribution < -0.4 is 10.2 Å². The lowest BCUT2D eigenvalue weighted by Crippen LogP contribution is -2.33. The van der Waals surface area contributed by atoms with E-state index in [0.717, 1.165) is 55.5 Å². The summed E-state index contributed by atoms with van der Waals surface area (Å²) in [6.07, 6.45) is 3.01. The molecule has 1 heterocycles. The summed E-state index contributed by atoms with van der Waals surface area (Å²) in [6, 6.07) is 2.02. The smallest absolute Gasteiger partial charge is 0.147 e. The Morgan fingerprint density at radius 1 is 1.20 bits per heavy atom. The summed E-state index contributed by atoms with van der Waals surface area (Å²) in [7, 11) is 4.16. The second-order valence-corrected chi connectivity index (χ2v) is 5.63. The maximum atomic E-state index is 6.41. The van der Waals surface area contributed by atoms with E-state index in [1.807, 2.05) is 12.3 Å². The van der Waals surface area contributed by atoms with Crippen molar-refractivity contribution in [3.05, 3.63) is 22.8 Å². The summed E-state index contributed by atoms with van der Waals surface area (Å²) >= 11 is 6.41. The number of rotatable bonds is 9. The molecule has 0 aliphatic heterocycles. The third kappa shape index (κ3) is 5.65. The Kier molecular flexibility index (Phi) is 7.88. The van der Waals surface area contributed by atoms with Crippen LogP contribution >= 0.6 is 11.6 Å². The Labute approximate surface area is 128 Å². The molecule has 1 rings (SSSR count). The number of halogens is 1. The van der Waals surface area contributed by atoms with Gasteiger partial charge in [0.05, 0.1) is 5.02 Å². The highest BCUT2D eigenvalue weighted by Crippen LogP contribution is 2.24. The van der Waals surface area contributed by atoms with E-state index in [9.17, 15) is 0 Å². The van der Waals surface area contributed by atoms with E-state index in [4.69, 9.17) is 11.6 Å². The molecule has 0 amide bonds. The average Bonchev–Trinajstić information content (AvgIpc) is 2.41. The van der Waals surface area contributed by atoms with Gasteiger partial charge in [-0.2, -0.15) is 0 Å². The highest BCUT2D eigenvalue weighted by Gasteiger charge is 2.12. The molecule has 0 atom stereocenters. The van der Waals surface area contributed by atoms with Crippen LogP contribution in [0.5, 0.6) is 0 Å². The molecule has 5 heteroatoms. The van der Waals surface area contributed by atoms with Gasteiger partial charge in [-0.1, -0.05) is 25.4 Å². The monoisotopic (exact) mass is 298 g/mol. The fourth-order valence-corrected chi connectivity index (χ4v) is 2.29. The van der Waals surface area contributed by atoms with Gasteiger partial charge in [0, 0.05) is 32.4 Å². The molecule has 0 spiro atoms. The fraction of sp³-hybridized carbons (Fsp3) is 0.667. The van der Waals surface area contributed by atoms with E-state index >= 15 is 0 Å². The SMILES string of the molecule is CCCN(CCN(C)C)c1ncc(CNCC)cc1Cl. The van der Waals surface area contributed by atoms with Crippen molar-refractivity contribution < 1.29 is 0 Å². The van der Waals surface area contributed by atoms with Crippen LogP contribution in [0.15, 0.2) is 12.3 Å². The summed E-state index contributed by atoms with van der Waals surface area (Å²) in [6.45, 7) is 8.95.